The van der Waals surface area contributed by atoms with Gasteiger partial charge in [0.1, 0.15) is 0 Å². The fourth-order valence-corrected chi connectivity index (χ4v) is 0.355. The second-order valence-electron chi connectivity index (χ2n) is 1.31. The Labute approximate surface area is 64.3 Å². The van der Waals surface area contributed by atoms with Gasteiger partial charge in [0, 0.05) is 0 Å². The molecule has 10 heavy (non-hydrogen) atoms. The van der Waals surface area contributed by atoms with E-state index in [4.69, 9.17) is 0 Å². The molecule has 0 amide bonds. The first-order chi connectivity index (χ1) is 4.85. The van der Waals surface area contributed by atoms with Gasteiger partial charge in [0.15, 0.2) is 0 Å². The van der Waals surface area contributed by atoms with E-state index in [-0.39, 0.29) is 0 Å². The highest BCUT2D eigenvalue weighted by molar-refractivity contribution is 5.30. The van der Waals surface area contributed by atoms with Crippen molar-refractivity contribution >= 4 is 0 Å². The maximum atomic E-state index is 3.56. The van der Waals surface area contributed by atoms with Crippen LogP contribution >= 0.6 is 0 Å². The number of hydrogen-bond donors (Lipinski definition) is 0. The highest BCUT2D eigenvalue weighted by atomic mass is 13.8. The lowest BCUT2D eigenvalue weighted by Crippen LogP contribution is -1.63. The van der Waals surface area contributed by atoms with Crippen molar-refractivity contribution in [2.24, 2.45) is 0 Å². The molecule has 0 heterocycles. The van der Waals surface area contributed by atoms with Crippen molar-refractivity contribution in [3.05, 3.63) is 49.6 Å². The zero-order valence-electron chi connectivity index (χ0n) is 6.93. The minimum atomic E-state index is 1.00. The third-order valence-electron chi connectivity index (χ3n) is 0.782. The molecular weight excluding hydrogens is 120 g/mol. The van der Waals surface area contributed by atoms with Gasteiger partial charge in [0.2, 0.25) is 0 Å². The van der Waals surface area contributed by atoms with E-state index in [1.807, 2.05) is 19.9 Å². The van der Waals surface area contributed by atoms with Crippen LogP contribution in [0.1, 0.15) is 13.8 Å². The SMILES string of the molecule is C=CC=C(C=C)C=C.CC. The lowest BCUT2D eigenvalue weighted by atomic mass is 10.2. The van der Waals surface area contributed by atoms with Crippen molar-refractivity contribution in [3.63, 3.8) is 0 Å². The molecule has 0 bridgehead atoms. The van der Waals surface area contributed by atoms with Crippen LogP contribution in [0.15, 0.2) is 49.6 Å². The first-order valence-electron chi connectivity index (χ1n) is 3.42. The second kappa shape index (κ2) is 10.9. The Morgan fingerprint density at radius 1 is 1.00 bits per heavy atom. The maximum Gasteiger partial charge on any atom is -0.0269 e. The van der Waals surface area contributed by atoms with Crippen LogP contribution in [0, 0.1) is 0 Å². The Hall–Kier alpha value is -1.04. The predicted octanol–water partition coefficient (Wildman–Crippen LogP) is 3.50. The minimum absolute atomic E-state index is 1.00. The van der Waals surface area contributed by atoms with Gasteiger partial charge in [-0.15, -0.1) is 0 Å². The summed E-state index contributed by atoms with van der Waals surface area (Å²) in [6, 6.07) is 0. The minimum Gasteiger partial charge on any atom is -0.0990 e. The second-order valence-corrected chi connectivity index (χ2v) is 1.31. The first kappa shape index (κ1) is 11.7. The summed E-state index contributed by atoms with van der Waals surface area (Å²) in [6.07, 6.45) is 7.02. The quantitative estimate of drug-likeness (QED) is 0.521. The van der Waals surface area contributed by atoms with Crippen molar-refractivity contribution in [1.82, 2.24) is 0 Å². The summed E-state index contributed by atoms with van der Waals surface area (Å²) >= 11 is 0. The monoisotopic (exact) mass is 136 g/mol. The molecule has 0 unspecified atom stereocenters. The summed E-state index contributed by atoms with van der Waals surface area (Å²) in [4.78, 5) is 0. The molecule has 0 saturated heterocycles. The van der Waals surface area contributed by atoms with Crippen molar-refractivity contribution in [2.75, 3.05) is 0 Å². The van der Waals surface area contributed by atoms with E-state index in [0.717, 1.165) is 5.57 Å². The fourth-order valence-electron chi connectivity index (χ4n) is 0.355. The fraction of sp³-hybridized carbons (Fsp3) is 0.200. The smallest absolute Gasteiger partial charge is 0.0269 e. The topological polar surface area (TPSA) is 0 Å². The normalized spacial score (nSPS) is 6.20. The summed E-state index contributed by atoms with van der Waals surface area (Å²) in [5.41, 5.74) is 1.00. The zero-order valence-corrected chi connectivity index (χ0v) is 6.93. The van der Waals surface area contributed by atoms with Gasteiger partial charge in [-0.2, -0.15) is 0 Å². The first-order valence-corrected chi connectivity index (χ1v) is 3.42. The molecule has 0 spiro atoms. The van der Waals surface area contributed by atoms with Gasteiger partial charge in [-0.3, -0.25) is 0 Å². The van der Waals surface area contributed by atoms with Crippen LogP contribution in [-0.2, 0) is 0 Å². The van der Waals surface area contributed by atoms with Crippen LogP contribution in [0.4, 0.5) is 0 Å². The Bertz CT molecular complexity index is 117. The molecule has 0 aromatic heterocycles. The molecule has 0 fully saturated rings. The molecule has 56 valence electrons. The average molecular weight is 136 g/mol. The van der Waals surface area contributed by atoms with Gasteiger partial charge in [-0.1, -0.05) is 57.9 Å². The molecule has 0 aromatic carbocycles. The van der Waals surface area contributed by atoms with Crippen LogP contribution in [0.25, 0.3) is 0 Å². The van der Waals surface area contributed by atoms with Crippen molar-refractivity contribution in [1.29, 1.82) is 0 Å². The molecule has 0 aliphatic rings. The van der Waals surface area contributed by atoms with E-state index in [9.17, 15) is 0 Å². The van der Waals surface area contributed by atoms with Gasteiger partial charge in [0.25, 0.3) is 0 Å². The lowest BCUT2D eigenvalue weighted by molar-refractivity contribution is 1.50. The lowest BCUT2D eigenvalue weighted by Gasteiger charge is -1.83. The van der Waals surface area contributed by atoms with Gasteiger partial charge in [-0.25, -0.2) is 0 Å². The van der Waals surface area contributed by atoms with E-state index in [1.54, 1.807) is 18.2 Å². The largest absolute Gasteiger partial charge is 0.0990 e. The summed E-state index contributed by atoms with van der Waals surface area (Å²) in [5, 5.41) is 0. The molecule has 0 aromatic rings. The van der Waals surface area contributed by atoms with Crippen molar-refractivity contribution < 1.29 is 0 Å². The van der Waals surface area contributed by atoms with Gasteiger partial charge < -0.3 is 0 Å². The van der Waals surface area contributed by atoms with E-state index in [1.165, 1.54) is 0 Å². The number of allylic oxidation sites excluding steroid dienone is 5. The Morgan fingerprint density at radius 2 is 1.40 bits per heavy atom. The van der Waals surface area contributed by atoms with Gasteiger partial charge in [-0.05, 0) is 5.57 Å². The van der Waals surface area contributed by atoms with E-state index >= 15 is 0 Å². The average Bonchev–Trinajstić information content (AvgIpc) is 2.04. The molecule has 0 heteroatoms. The van der Waals surface area contributed by atoms with Crippen molar-refractivity contribution in [3.8, 4) is 0 Å². The maximum absolute atomic E-state index is 3.56. The molecule has 0 atom stereocenters. The summed E-state index contributed by atoms with van der Waals surface area (Å²) < 4.78 is 0. The number of rotatable bonds is 3. The van der Waals surface area contributed by atoms with E-state index in [0.29, 0.717) is 0 Å². The van der Waals surface area contributed by atoms with Crippen LogP contribution < -0.4 is 0 Å². The molecular formula is C10H16. The molecule has 0 rings (SSSR count). The molecule has 0 nitrogen and oxygen atoms in total. The standard InChI is InChI=1S/C8H10.C2H6/c1-4-7-8(5-2)6-3;1-2/h4-7H,1-3H2;1-2H3. The van der Waals surface area contributed by atoms with Crippen LogP contribution in [0.3, 0.4) is 0 Å². The zero-order chi connectivity index (χ0) is 8.41. The van der Waals surface area contributed by atoms with Crippen LogP contribution in [-0.4, -0.2) is 0 Å². The Balaban J connectivity index is 0. The highest BCUT2D eigenvalue weighted by Crippen LogP contribution is 1.94. The third kappa shape index (κ3) is 6.96. The van der Waals surface area contributed by atoms with Crippen LogP contribution in [0.2, 0.25) is 0 Å². The predicted molar refractivity (Wildman–Crippen MR) is 50.0 cm³/mol. The molecule has 0 aliphatic carbocycles. The van der Waals surface area contributed by atoms with Gasteiger partial charge >= 0.3 is 0 Å². The molecule has 0 saturated carbocycles. The van der Waals surface area contributed by atoms with Crippen LogP contribution in [0.5, 0.6) is 0 Å². The van der Waals surface area contributed by atoms with Gasteiger partial charge in [0.05, 0.1) is 0 Å². The Morgan fingerprint density at radius 3 is 1.50 bits per heavy atom. The molecule has 0 aliphatic heterocycles. The molecule has 0 N–H and O–H groups in total. The summed E-state index contributed by atoms with van der Waals surface area (Å²) in [5.74, 6) is 0. The summed E-state index contributed by atoms with van der Waals surface area (Å²) in [7, 11) is 0. The third-order valence-corrected chi connectivity index (χ3v) is 0.782. The van der Waals surface area contributed by atoms with E-state index < -0.39 is 0 Å². The summed E-state index contributed by atoms with van der Waals surface area (Å²) in [6.45, 7) is 14.7. The number of hydrogen-bond acceptors (Lipinski definition) is 0. The van der Waals surface area contributed by atoms with E-state index in [2.05, 4.69) is 19.7 Å². The van der Waals surface area contributed by atoms with Crippen molar-refractivity contribution in [2.45, 2.75) is 13.8 Å². The highest BCUT2D eigenvalue weighted by Gasteiger charge is 1.73. The molecule has 0 radical (unpaired) electrons. The Kier molecular flexibility index (Phi) is 12.7.